The summed E-state index contributed by atoms with van der Waals surface area (Å²) in [6, 6.07) is 7.22. The van der Waals surface area contributed by atoms with E-state index in [4.69, 9.17) is 0 Å². The summed E-state index contributed by atoms with van der Waals surface area (Å²) in [4.78, 5) is 20.1. The zero-order valence-electron chi connectivity index (χ0n) is 21.9. The summed E-state index contributed by atoms with van der Waals surface area (Å²) >= 11 is 0. The summed E-state index contributed by atoms with van der Waals surface area (Å²) in [7, 11) is 0. The van der Waals surface area contributed by atoms with Gasteiger partial charge in [-0.3, -0.25) is 4.79 Å². The topological polar surface area (TPSA) is 58.4 Å². The number of carbonyl (C=O) groups excluding carboxylic acids is 1. The summed E-state index contributed by atoms with van der Waals surface area (Å²) in [5.74, 6) is 0.379. The predicted octanol–water partition coefficient (Wildman–Crippen LogP) is 6.75. The Hall–Kier alpha value is -2.87. The van der Waals surface area contributed by atoms with Gasteiger partial charge in [0.15, 0.2) is 0 Å². The highest BCUT2D eigenvalue weighted by molar-refractivity contribution is 5.97. The number of hydrogen-bond donors (Lipinski definition) is 1. The Morgan fingerprint density at radius 3 is 2.25 bits per heavy atom. The second kappa shape index (κ2) is 11.0. The average Bonchev–Trinajstić information content (AvgIpc) is 3.12. The Morgan fingerprint density at radius 1 is 1.08 bits per heavy atom. The highest BCUT2D eigenvalue weighted by atomic mass is 19.4. The second-order valence-electron chi connectivity index (χ2n) is 9.85. The van der Waals surface area contributed by atoms with Crippen LogP contribution in [0.25, 0.3) is 11.0 Å². The maximum absolute atomic E-state index is 13.8. The van der Waals surface area contributed by atoms with Crippen LogP contribution in [-0.2, 0) is 12.7 Å². The number of aryl methyl sites for hydroxylation is 3. The summed E-state index contributed by atoms with van der Waals surface area (Å²) in [6.07, 6.45) is -2.48. The van der Waals surface area contributed by atoms with Gasteiger partial charge >= 0.3 is 6.18 Å². The number of imidazole rings is 1. The molecule has 1 unspecified atom stereocenters. The average molecular weight is 504 g/mol. The molecule has 36 heavy (non-hydrogen) atoms. The first-order valence-corrected chi connectivity index (χ1v) is 12.5. The van der Waals surface area contributed by atoms with Crippen LogP contribution in [0.2, 0.25) is 0 Å². The number of amides is 1. The van der Waals surface area contributed by atoms with E-state index in [2.05, 4.69) is 4.98 Å². The van der Waals surface area contributed by atoms with Crippen molar-refractivity contribution in [2.45, 2.75) is 85.6 Å². The largest absolute Gasteiger partial charge is 0.416 e. The minimum atomic E-state index is -4.48. The van der Waals surface area contributed by atoms with Gasteiger partial charge in [0.05, 0.1) is 23.1 Å². The highest BCUT2D eigenvalue weighted by Crippen LogP contribution is 2.34. The Morgan fingerprint density at radius 2 is 1.72 bits per heavy atom. The lowest BCUT2D eigenvalue weighted by molar-refractivity contribution is -0.137. The molecule has 0 radical (unpaired) electrons. The molecular weight excluding hydrogens is 467 g/mol. The first kappa shape index (κ1) is 27.7. The first-order chi connectivity index (χ1) is 16.9. The molecule has 8 heteroatoms. The molecule has 0 saturated carbocycles. The monoisotopic (exact) mass is 503 g/mol. The smallest absolute Gasteiger partial charge is 0.396 e. The summed E-state index contributed by atoms with van der Waals surface area (Å²) in [6.45, 7) is 11.8. The lowest BCUT2D eigenvalue weighted by Crippen LogP contribution is -2.38. The van der Waals surface area contributed by atoms with Crippen LogP contribution in [0.4, 0.5) is 13.2 Å². The van der Waals surface area contributed by atoms with E-state index in [1.54, 1.807) is 4.90 Å². The van der Waals surface area contributed by atoms with Crippen LogP contribution >= 0.6 is 0 Å². The van der Waals surface area contributed by atoms with Gasteiger partial charge in [-0.05, 0) is 76.8 Å². The van der Waals surface area contributed by atoms with Crippen molar-refractivity contribution in [1.29, 1.82) is 0 Å². The number of aliphatic hydroxyl groups excluding tert-OH is 1. The normalized spacial score (nSPS) is 13.0. The molecule has 0 fully saturated rings. The van der Waals surface area contributed by atoms with Crippen molar-refractivity contribution in [3.63, 3.8) is 0 Å². The zero-order valence-corrected chi connectivity index (χ0v) is 21.9. The number of hydrogen-bond acceptors (Lipinski definition) is 3. The molecule has 196 valence electrons. The fourth-order valence-corrected chi connectivity index (χ4v) is 5.03. The number of nitrogens with zero attached hydrogens (tertiary/aromatic N) is 3. The third-order valence-electron chi connectivity index (χ3n) is 6.63. The van der Waals surface area contributed by atoms with E-state index in [0.29, 0.717) is 23.3 Å². The fraction of sp³-hybridized carbons (Fsp3) is 0.500. The van der Waals surface area contributed by atoms with Crippen molar-refractivity contribution in [3.8, 4) is 0 Å². The number of carbonyl (C=O) groups is 1. The number of alkyl halides is 3. The summed E-state index contributed by atoms with van der Waals surface area (Å²) in [5.41, 5.74) is 3.53. The van der Waals surface area contributed by atoms with E-state index in [0.717, 1.165) is 41.7 Å². The number of benzene rings is 2. The Labute approximate surface area is 210 Å². The number of halogens is 3. The molecule has 0 aliphatic carbocycles. The molecule has 0 aliphatic heterocycles. The standard InChI is InChI=1S/C28H36F3N3O2/c1-7-8-22(11-12-35)34-24-10-9-21(28(29,30)31)15-23(24)32-25(34)16-33(17(2)3)27(36)26-19(5)13-18(4)14-20(26)6/h9-10,13-15,17,22,35H,7-8,11-12,16H2,1-6H3. The molecule has 1 amide bonds. The van der Waals surface area contributed by atoms with E-state index in [1.165, 1.54) is 6.07 Å². The zero-order chi connectivity index (χ0) is 26.8. The maximum Gasteiger partial charge on any atom is 0.416 e. The Kier molecular flexibility index (Phi) is 8.49. The molecule has 0 aliphatic rings. The van der Waals surface area contributed by atoms with Crippen LogP contribution in [0.3, 0.4) is 0 Å². The van der Waals surface area contributed by atoms with Crippen LogP contribution in [0.1, 0.15) is 84.5 Å². The van der Waals surface area contributed by atoms with Gasteiger partial charge < -0.3 is 14.6 Å². The highest BCUT2D eigenvalue weighted by Gasteiger charge is 2.32. The molecule has 1 heterocycles. The van der Waals surface area contributed by atoms with E-state index < -0.39 is 11.7 Å². The maximum atomic E-state index is 13.8. The third kappa shape index (κ3) is 5.75. The van der Waals surface area contributed by atoms with Gasteiger partial charge in [0.25, 0.3) is 5.91 Å². The van der Waals surface area contributed by atoms with Gasteiger partial charge in [0, 0.05) is 24.3 Å². The molecule has 0 saturated heterocycles. The van der Waals surface area contributed by atoms with Crippen LogP contribution in [0, 0.1) is 20.8 Å². The number of aromatic nitrogens is 2. The van der Waals surface area contributed by atoms with E-state index in [9.17, 15) is 23.1 Å². The molecular formula is C28H36F3N3O2. The lowest BCUT2D eigenvalue weighted by atomic mass is 9.98. The van der Waals surface area contributed by atoms with Crippen molar-refractivity contribution < 1.29 is 23.1 Å². The molecule has 1 N–H and O–H groups in total. The van der Waals surface area contributed by atoms with E-state index >= 15 is 0 Å². The van der Waals surface area contributed by atoms with Gasteiger partial charge in [-0.15, -0.1) is 0 Å². The molecule has 5 nitrogen and oxygen atoms in total. The van der Waals surface area contributed by atoms with Gasteiger partial charge in [0.1, 0.15) is 5.82 Å². The van der Waals surface area contributed by atoms with Gasteiger partial charge in [-0.1, -0.05) is 31.0 Å². The Balaban J connectivity index is 2.15. The predicted molar refractivity (Wildman–Crippen MR) is 136 cm³/mol. The SMILES string of the molecule is CCCC(CCO)n1c(CN(C(=O)c2c(C)cc(C)cc2C)C(C)C)nc2cc(C(F)(F)F)ccc21. The van der Waals surface area contributed by atoms with Gasteiger partial charge in [-0.2, -0.15) is 13.2 Å². The van der Waals surface area contributed by atoms with E-state index in [-0.39, 0.29) is 36.7 Å². The van der Waals surface area contributed by atoms with Gasteiger partial charge in [0.2, 0.25) is 0 Å². The third-order valence-corrected chi connectivity index (χ3v) is 6.63. The summed E-state index contributed by atoms with van der Waals surface area (Å²) in [5, 5.41) is 9.72. The molecule has 1 atom stereocenters. The van der Waals surface area contributed by atoms with Crippen molar-refractivity contribution >= 4 is 16.9 Å². The van der Waals surface area contributed by atoms with Crippen molar-refractivity contribution in [2.24, 2.45) is 0 Å². The quantitative estimate of drug-likeness (QED) is 0.351. The van der Waals surface area contributed by atoms with Crippen molar-refractivity contribution in [1.82, 2.24) is 14.5 Å². The van der Waals surface area contributed by atoms with Crippen LogP contribution in [-0.4, -0.2) is 38.1 Å². The van der Waals surface area contributed by atoms with Crippen molar-refractivity contribution in [2.75, 3.05) is 6.61 Å². The lowest BCUT2D eigenvalue weighted by Gasteiger charge is -2.29. The molecule has 3 aromatic rings. The first-order valence-electron chi connectivity index (χ1n) is 12.5. The minimum absolute atomic E-state index is 0.0566. The minimum Gasteiger partial charge on any atom is -0.396 e. The van der Waals surface area contributed by atoms with Crippen LogP contribution < -0.4 is 0 Å². The van der Waals surface area contributed by atoms with Crippen LogP contribution in [0.5, 0.6) is 0 Å². The molecule has 1 aromatic heterocycles. The van der Waals surface area contributed by atoms with Crippen LogP contribution in [0.15, 0.2) is 30.3 Å². The Bertz CT molecular complexity index is 1200. The molecule has 0 spiro atoms. The molecule has 3 rings (SSSR count). The van der Waals surface area contributed by atoms with Gasteiger partial charge in [-0.25, -0.2) is 4.98 Å². The number of rotatable bonds is 9. The fourth-order valence-electron chi connectivity index (χ4n) is 5.03. The second-order valence-corrected chi connectivity index (χ2v) is 9.85. The van der Waals surface area contributed by atoms with E-state index in [1.807, 2.05) is 58.2 Å². The number of fused-ring (bicyclic) bond motifs is 1. The number of aliphatic hydroxyl groups is 1. The van der Waals surface area contributed by atoms with Crippen molar-refractivity contribution in [3.05, 3.63) is 64.0 Å². The summed E-state index contributed by atoms with van der Waals surface area (Å²) < 4.78 is 42.2. The molecule has 0 bridgehead atoms. The molecule has 2 aromatic carbocycles.